The number of alkyl halides is 3. The second-order valence-electron chi connectivity index (χ2n) is 7.05. The summed E-state index contributed by atoms with van der Waals surface area (Å²) >= 11 is 0. The van der Waals surface area contributed by atoms with E-state index in [9.17, 15) is 22.4 Å². The van der Waals surface area contributed by atoms with Crippen molar-refractivity contribution in [1.29, 1.82) is 0 Å². The quantitative estimate of drug-likeness (QED) is 0.691. The highest BCUT2D eigenvalue weighted by Gasteiger charge is 2.31. The van der Waals surface area contributed by atoms with Gasteiger partial charge in [-0.25, -0.2) is 4.39 Å². The van der Waals surface area contributed by atoms with Crippen molar-refractivity contribution in [2.45, 2.75) is 39.4 Å². The smallest absolute Gasteiger partial charge is 0.380 e. The average Bonchev–Trinajstić information content (AvgIpc) is 2.49. The van der Waals surface area contributed by atoms with Crippen LogP contribution >= 0.6 is 0 Å². The van der Waals surface area contributed by atoms with Crippen LogP contribution in [0.3, 0.4) is 0 Å². The molecule has 0 aromatic heterocycles. The average molecular weight is 368 g/mol. The maximum Gasteiger partial charge on any atom is 0.416 e. The normalized spacial score (nSPS) is 12.0. The van der Waals surface area contributed by atoms with Gasteiger partial charge in [0.2, 0.25) is 0 Å². The Labute approximate surface area is 149 Å². The number of rotatable bonds is 3. The molecule has 26 heavy (non-hydrogen) atoms. The highest BCUT2D eigenvalue weighted by Crippen LogP contribution is 2.32. The van der Waals surface area contributed by atoms with Crippen LogP contribution in [0.5, 0.6) is 0 Å². The van der Waals surface area contributed by atoms with E-state index < -0.39 is 29.2 Å². The van der Waals surface area contributed by atoms with E-state index in [0.717, 1.165) is 11.3 Å². The molecule has 3 nitrogen and oxygen atoms in total. The maximum atomic E-state index is 13.8. The fraction of sp³-hybridized carbons (Fsp3) is 0.316. The minimum absolute atomic E-state index is 0.208. The number of anilines is 2. The first-order valence-corrected chi connectivity index (χ1v) is 7.94. The first kappa shape index (κ1) is 19.8. The van der Waals surface area contributed by atoms with Crippen molar-refractivity contribution in [2.75, 3.05) is 10.6 Å². The van der Waals surface area contributed by atoms with Crippen molar-refractivity contribution in [1.82, 2.24) is 0 Å². The molecule has 0 saturated carbocycles. The first-order chi connectivity index (χ1) is 11.9. The molecule has 0 spiro atoms. The molecule has 0 radical (unpaired) electrons. The van der Waals surface area contributed by atoms with Gasteiger partial charge < -0.3 is 10.6 Å². The second-order valence-corrected chi connectivity index (χ2v) is 7.05. The van der Waals surface area contributed by atoms with Crippen LogP contribution in [0.15, 0.2) is 36.4 Å². The molecule has 0 fully saturated rings. The van der Waals surface area contributed by atoms with Gasteiger partial charge in [-0.3, -0.25) is 4.79 Å². The predicted molar refractivity (Wildman–Crippen MR) is 93.9 cm³/mol. The van der Waals surface area contributed by atoms with Crippen LogP contribution in [-0.2, 0) is 6.18 Å². The van der Waals surface area contributed by atoms with Gasteiger partial charge >= 0.3 is 6.18 Å². The molecular formula is C19H20F4N2O. The molecule has 140 valence electrons. The van der Waals surface area contributed by atoms with Gasteiger partial charge in [-0.1, -0.05) is 6.07 Å². The number of amides is 1. The third kappa shape index (κ3) is 4.97. The van der Waals surface area contributed by atoms with Crippen molar-refractivity contribution >= 4 is 17.3 Å². The second kappa shape index (κ2) is 6.97. The van der Waals surface area contributed by atoms with E-state index in [1.54, 1.807) is 12.1 Å². The number of hydrogen-bond donors (Lipinski definition) is 2. The molecule has 0 unspecified atom stereocenters. The van der Waals surface area contributed by atoms with E-state index in [-0.39, 0.29) is 11.1 Å². The highest BCUT2D eigenvalue weighted by atomic mass is 19.4. The van der Waals surface area contributed by atoms with E-state index in [1.165, 1.54) is 6.07 Å². The van der Waals surface area contributed by atoms with E-state index in [0.29, 0.717) is 18.2 Å². The van der Waals surface area contributed by atoms with E-state index >= 15 is 0 Å². The van der Waals surface area contributed by atoms with Crippen LogP contribution in [0.2, 0.25) is 0 Å². The lowest BCUT2D eigenvalue weighted by molar-refractivity contribution is -0.137. The summed E-state index contributed by atoms with van der Waals surface area (Å²) in [4.78, 5) is 12.4. The molecule has 2 rings (SSSR count). The molecule has 0 heterocycles. The third-order valence-electron chi connectivity index (χ3n) is 3.55. The van der Waals surface area contributed by atoms with Gasteiger partial charge in [0.05, 0.1) is 11.3 Å². The predicted octanol–water partition coefficient (Wildman–Crippen LogP) is 5.62. The van der Waals surface area contributed by atoms with Crippen LogP contribution in [0.1, 0.15) is 42.3 Å². The van der Waals surface area contributed by atoms with Gasteiger partial charge in [-0.05, 0) is 63.6 Å². The van der Waals surface area contributed by atoms with Crippen LogP contribution < -0.4 is 10.6 Å². The lowest BCUT2D eigenvalue weighted by atomic mass is 10.0. The fourth-order valence-electron chi connectivity index (χ4n) is 2.29. The number of nitrogens with one attached hydrogen (secondary N) is 2. The Morgan fingerprint density at radius 3 is 2.19 bits per heavy atom. The van der Waals surface area contributed by atoms with E-state index in [4.69, 9.17) is 0 Å². The topological polar surface area (TPSA) is 41.1 Å². The van der Waals surface area contributed by atoms with Gasteiger partial charge in [0.1, 0.15) is 5.82 Å². The molecule has 1 amide bonds. The number of hydrogen-bond acceptors (Lipinski definition) is 2. The summed E-state index contributed by atoms with van der Waals surface area (Å²) in [6, 6.07) is 6.72. The number of benzene rings is 2. The van der Waals surface area contributed by atoms with Gasteiger partial charge in [0.15, 0.2) is 0 Å². The van der Waals surface area contributed by atoms with Gasteiger partial charge in [0.25, 0.3) is 5.91 Å². The Kier molecular flexibility index (Phi) is 5.30. The van der Waals surface area contributed by atoms with Gasteiger partial charge in [-0.2, -0.15) is 13.2 Å². The number of carbonyl (C=O) groups excluding carboxylic acids is 1. The van der Waals surface area contributed by atoms with Gasteiger partial charge in [0, 0.05) is 16.8 Å². The fourth-order valence-corrected chi connectivity index (χ4v) is 2.29. The van der Waals surface area contributed by atoms with E-state index in [2.05, 4.69) is 10.6 Å². The van der Waals surface area contributed by atoms with Crippen LogP contribution in [0.4, 0.5) is 28.9 Å². The summed E-state index contributed by atoms with van der Waals surface area (Å²) in [6.45, 7) is 7.73. The van der Waals surface area contributed by atoms with Crippen molar-refractivity contribution in [2.24, 2.45) is 0 Å². The van der Waals surface area contributed by atoms with Crippen LogP contribution in [0.25, 0.3) is 0 Å². The van der Waals surface area contributed by atoms with Gasteiger partial charge in [-0.15, -0.1) is 0 Å². The Bertz CT molecular complexity index is 823. The SMILES string of the molecule is Cc1ccc(C(=O)Nc2cc(C(F)(F)F)ccc2F)cc1NC(C)(C)C. The Hall–Kier alpha value is -2.57. The summed E-state index contributed by atoms with van der Waals surface area (Å²) in [5, 5.41) is 5.45. The summed E-state index contributed by atoms with van der Waals surface area (Å²) in [5.41, 5.74) is 0.0342. The molecule has 2 aromatic rings. The largest absolute Gasteiger partial charge is 0.416 e. The summed E-state index contributed by atoms with van der Waals surface area (Å²) in [6.07, 6.45) is -4.62. The molecule has 2 N–H and O–H groups in total. The standard InChI is InChI=1S/C19H20F4N2O/c1-11-5-6-12(9-15(11)25-18(2,3)4)17(26)24-16-10-13(19(21,22)23)7-8-14(16)20/h5-10,25H,1-4H3,(H,24,26). The molecule has 0 saturated heterocycles. The van der Waals surface area contributed by atoms with E-state index in [1.807, 2.05) is 27.7 Å². The highest BCUT2D eigenvalue weighted by molar-refractivity contribution is 6.05. The molecule has 2 aromatic carbocycles. The lowest BCUT2D eigenvalue weighted by Gasteiger charge is -2.24. The van der Waals surface area contributed by atoms with Crippen LogP contribution in [0, 0.1) is 12.7 Å². The maximum absolute atomic E-state index is 13.8. The number of halogens is 4. The zero-order valence-electron chi connectivity index (χ0n) is 14.9. The third-order valence-corrected chi connectivity index (χ3v) is 3.55. The minimum Gasteiger partial charge on any atom is -0.380 e. The van der Waals surface area contributed by atoms with Crippen molar-refractivity contribution < 1.29 is 22.4 Å². The molecular weight excluding hydrogens is 348 g/mol. The Morgan fingerprint density at radius 2 is 1.62 bits per heavy atom. The zero-order valence-corrected chi connectivity index (χ0v) is 14.9. The lowest BCUT2D eigenvalue weighted by Crippen LogP contribution is -2.26. The van der Waals surface area contributed by atoms with Crippen LogP contribution in [-0.4, -0.2) is 11.4 Å². The first-order valence-electron chi connectivity index (χ1n) is 7.94. The zero-order chi connectivity index (χ0) is 19.7. The number of carbonyl (C=O) groups is 1. The molecule has 0 atom stereocenters. The van der Waals surface area contributed by atoms with Crippen molar-refractivity contribution in [3.63, 3.8) is 0 Å². The van der Waals surface area contributed by atoms with Crippen molar-refractivity contribution in [3.8, 4) is 0 Å². The molecule has 0 aliphatic carbocycles. The monoisotopic (exact) mass is 368 g/mol. The summed E-state index contributed by atoms with van der Waals surface area (Å²) in [5.74, 6) is -1.63. The van der Waals surface area contributed by atoms with Crippen molar-refractivity contribution in [3.05, 3.63) is 58.9 Å². The number of aryl methyl sites for hydroxylation is 1. The Balaban J connectivity index is 2.30. The summed E-state index contributed by atoms with van der Waals surface area (Å²) < 4.78 is 52.1. The molecule has 0 bridgehead atoms. The Morgan fingerprint density at radius 1 is 0.962 bits per heavy atom. The summed E-state index contributed by atoms with van der Waals surface area (Å²) in [7, 11) is 0. The molecule has 7 heteroatoms. The molecule has 0 aliphatic rings. The molecule has 0 aliphatic heterocycles. The minimum atomic E-state index is -4.62.